The van der Waals surface area contributed by atoms with Crippen molar-refractivity contribution in [1.82, 2.24) is 0 Å². The first-order valence-electron chi connectivity index (χ1n) is 22.9. The van der Waals surface area contributed by atoms with Crippen LogP contribution in [0.4, 0.5) is 0 Å². The van der Waals surface area contributed by atoms with Gasteiger partial charge in [-0.3, -0.25) is 0 Å². The van der Waals surface area contributed by atoms with Gasteiger partial charge in [0.25, 0.3) is 0 Å². The molecule has 0 saturated carbocycles. The molecule has 66 heavy (non-hydrogen) atoms. The van der Waals surface area contributed by atoms with Gasteiger partial charge < -0.3 is 28.4 Å². The molecule has 0 amide bonds. The molecule has 0 spiro atoms. The second kappa shape index (κ2) is 24.8. The fourth-order valence-electron chi connectivity index (χ4n) is 7.04. The van der Waals surface area contributed by atoms with E-state index in [-0.39, 0.29) is 22.6 Å². The number of carbonyl (C=O) groups excluding carboxylic acids is 4. The molecular formula is C56H58O10. The third-order valence-electron chi connectivity index (χ3n) is 11.3. The van der Waals surface area contributed by atoms with Crippen molar-refractivity contribution in [2.45, 2.75) is 79.1 Å². The van der Waals surface area contributed by atoms with Crippen molar-refractivity contribution in [2.24, 2.45) is 11.8 Å². The van der Waals surface area contributed by atoms with Crippen LogP contribution in [0.25, 0.3) is 11.1 Å². The van der Waals surface area contributed by atoms with Gasteiger partial charge in [0.05, 0.1) is 35.5 Å². The second-order valence-electron chi connectivity index (χ2n) is 16.2. The summed E-state index contributed by atoms with van der Waals surface area (Å²) in [6, 6.07) is 40.0. The zero-order chi connectivity index (χ0) is 46.7. The smallest absolute Gasteiger partial charge is 0.343 e. The van der Waals surface area contributed by atoms with E-state index in [1.807, 2.05) is 6.07 Å². The quantitative estimate of drug-likeness (QED) is 0.0453. The van der Waals surface area contributed by atoms with Crippen molar-refractivity contribution >= 4 is 23.9 Å². The van der Waals surface area contributed by atoms with Crippen LogP contribution >= 0.6 is 0 Å². The lowest BCUT2D eigenvalue weighted by atomic mass is 10.0. The summed E-state index contributed by atoms with van der Waals surface area (Å²) in [7, 11) is 0. The van der Waals surface area contributed by atoms with E-state index < -0.39 is 23.9 Å². The summed E-state index contributed by atoms with van der Waals surface area (Å²) < 4.78 is 34.3. The fourth-order valence-corrected chi connectivity index (χ4v) is 7.04. The van der Waals surface area contributed by atoms with Gasteiger partial charge in [0.15, 0.2) is 0 Å². The Kier molecular flexibility index (Phi) is 18.1. The molecule has 0 bridgehead atoms. The third kappa shape index (κ3) is 14.4. The molecule has 10 nitrogen and oxygen atoms in total. The highest BCUT2D eigenvalue weighted by Crippen LogP contribution is 2.28. The van der Waals surface area contributed by atoms with E-state index in [0.717, 1.165) is 49.7 Å². The SMILES string of the molecule is CCCCC(CC)COc1ccc(C(=O)Oc2ccc(C(=O)Oc3ccc(-c4cccc(OC(=O)c5ccc(OC(=O)c6ccc(OCC(CC)CCCC)cc6)cc5)c4)cc3)cc2)cc1. The molecule has 0 fully saturated rings. The van der Waals surface area contributed by atoms with E-state index in [4.69, 9.17) is 28.4 Å². The molecule has 6 rings (SSSR count). The molecule has 0 aliphatic carbocycles. The van der Waals surface area contributed by atoms with Gasteiger partial charge in [-0.1, -0.05) is 90.5 Å². The van der Waals surface area contributed by atoms with E-state index in [1.54, 1.807) is 103 Å². The maximum atomic E-state index is 13.1. The van der Waals surface area contributed by atoms with Crippen molar-refractivity contribution in [3.8, 4) is 45.6 Å². The lowest BCUT2D eigenvalue weighted by molar-refractivity contribution is 0.0720. The van der Waals surface area contributed by atoms with Gasteiger partial charge in [-0.15, -0.1) is 0 Å². The third-order valence-corrected chi connectivity index (χ3v) is 11.3. The Balaban J connectivity index is 0.950. The molecule has 2 unspecified atom stereocenters. The summed E-state index contributed by atoms with van der Waals surface area (Å²) >= 11 is 0. The Labute approximate surface area is 387 Å². The lowest BCUT2D eigenvalue weighted by Gasteiger charge is -2.15. The predicted molar refractivity (Wildman–Crippen MR) is 255 cm³/mol. The number of hydrogen-bond donors (Lipinski definition) is 0. The molecular weight excluding hydrogens is 833 g/mol. The number of carbonyl (C=O) groups is 4. The van der Waals surface area contributed by atoms with Gasteiger partial charge in [-0.25, -0.2) is 19.2 Å². The number of rotatable bonds is 23. The Hall–Kier alpha value is -7.20. The number of unbranched alkanes of at least 4 members (excludes halogenated alkanes) is 2. The van der Waals surface area contributed by atoms with Crippen molar-refractivity contribution in [3.63, 3.8) is 0 Å². The normalized spacial score (nSPS) is 11.8. The van der Waals surface area contributed by atoms with Crippen molar-refractivity contribution < 1.29 is 47.6 Å². The monoisotopic (exact) mass is 890 g/mol. The molecule has 0 N–H and O–H groups in total. The Bertz CT molecular complexity index is 2480. The summed E-state index contributed by atoms with van der Waals surface area (Å²) in [5.74, 6) is 1.44. The molecule has 0 radical (unpaired) electrons. The average molecular weight is 891 g/mol. The summed E-state index contributed by atoms with van der Waals surface area (Å²) in [5, 5.41) is 0. The highest BCUT2D eigenvalue weighted by Gasteiger charge is 2.16. The van der Waals surface area contributed by atoms with Crippen LogP contribution in [0.3, 0.4) is 0 Å². The van der Waals surface area contributed by atoms with Crippen molar-refractivity contribution in [2.75, 3.05) is 13.2 Å². The molecule has 0 aliphatic rings. The molecule has 0 aromatic heterocycles. The fraction of sp³-hybridized carbons (Fsp3) is 0.286. The van der Waals surface area contributed by atoms with Gasteiger partial charge in [0.2, 0.25) is 0 Å². The van der Waals surface area contributed by atoms with Gasteiger partial charge in [0, 0.05) is 0 Å². The topological polar surface area (TPSA) is 124 Å². The Morgan fingerprint density at radius 1 is 0.379 bits per heavy atom. The van der Waals surface area contributed by atoms with E-state index in [1.165, 1.54) is 49.2 Å². The Morgan fingerprint density at radius 3 is 1.06 bits per heavy atom. The van der Waals surface area contributed by atoms with Gasteiger partial charge in [-0.2, -0.15) is 0 Å². The van der Waals surface area contributed by atoms with Gasteiger partial charge >= 0.3 is 23.9 Å². The lowest BCUT2D eigenvalue weighted by Crippen LogP contribution is -2.12. The first-order valence-corrected chi connectivity index (χ1v) is 22.9. The largest absolute Gasteiger partial charge is 0.493 e. The number of hydrogen-bond acceptors (Lipinski definition) is 10. The predicted octanol–water partition coefficient (Wildman–Crippen LogP) is 13.4. The van der Waals surface area contributed by atoms with Crippen LogP contribution in [0.1, 0.15) is 120 Å². The molecule has 0 heterocycles. The highest BCUT2D eigenvalue weighted by molar-refractivity contribution is 5.94. The number of esters is 4. The zero-order valence-corrected chi connectivity index (χ0v) is 38.2. The van der Waals surface area contributed by atoms with Crippen LogP contribution in [0, 0.1) is 11.8 Å². The maximum Gasteiger partial charge on any atom is 0.343 e. The van der Waals surface area contributed by atoms with Crippen LogP contribution in [0.5, 0.6) is 34.5 Å². The van der Waals surface area contributed by atoms with E-state index >= 15 is 0 Å². The molecule has 0 saturated heterocycles. The molecule has 6 aromatic rings. The van der Waals surface area contributed by atoms with Crippen LogP contribution in [-0.4, -0.2) is 37.1 Å². The summed E-state index contributed by atoms with van der Waals surface area (Å²) in [5.41, 5.74) is 2.89. The molecule has 2 atom stereocenters. The van der Waals surface area contributed by atoms with Gasteiger partial charge in [0.1, 0.15) is 34.5 Å². The molecule has 10 heteroatoms. The summed E-state index contributed by atoms with van der Waals surface area (Å²) in [4.78, 5) is 51.6. The van der Waals surface area contributed by atoms with Crippen molar-refractivity contribution in [1.29, 1.82) is 0 Å². The highest BCUT2D eigenvalue weighted by atomic mass is 16.5. The Morgan fingerprint density at radius 2 is 0.712 bits per heavy atom. The molecule has 0 aliphatic heterocycles. The van der Waals surface area contributed by atoms with E-state index in [9.17, 15) is 19.2 Å². The summed E-state index contributed by atoms with van der Waals surface area (Å²) in [6.07, 6.45) is 9.08. The van der Waals surface area contributed by atoms with E-state index in [0.29, 0.717) is 59.2 Å². The van der Waals surface area contributed by atoms with Gasteiger partial charge in [-0.05, 0) is 157 Å². The first kappa shape index (κ1) is 48.3. The average Bonchev–Trinajstić information content (AvgIpc) is 3.35. The maximum absolute atomic E-state index is 13.1. The minimum atomic E-state index is -0.581. The summed E-state index contributed by atoms with van der Waals surface area (Å²) in [6.45, 7) is 10.0. The standard InChI is InChI=1S/C56H58O10/c1-5-9-12-39(7-3)37-61-47-26-18-42(19-27-47)53(57)64-50-32-22-44(23-33-50)55(59)63-49-30-16-41(17-31-49)46-14-11-15-52(36-46)66-56(60)45-24-34-51(35-25-45)65-54(58)43-20-28-48(29-21-43)62-38-40(8-4)13-10-6-2/h11,14-36,39-40H,5-10,12-13,37-38H2,1-4H3. The van der Waals surface area contributed by atoms with Crippen LogP contribution in [0.2, 0.25) is 0 Å². The molecule has 6 aromatic carbocycles. The van der Waals surface area contributed by atoms with Crippen molar-refractivity contribution in [3.05, 3.63) is 168 Å². The number of benzene rings is 6. The van der Waals surface area contributed by atoms with E-state index in [2.05, 4.69) is 27.7 Å². The first-order chi connectivity index (χ1) is 32.1. The zero-order valence-electron chi connectivity index (χ0n) is 38.2. The van der Waals surface area contributed by atoms with Crippen LogP contribution in [0.15, 0.2) is 146 Å². The number of ether oxygens (including phenoxy) is 6. The minimum Gasteiger partial charge on any atom is -0.493 e. The molecule has 342 valence electrons. The van der Waals surface area contributed by atoms with Crippen LogP contribution < -0.4 is 28.4 Å². The minimum absolute atomic E-state index is 0.276. The van der Waals surface area contributed by atoms with Crippen LogP contribution in [-0.2, 0) is 0 Å². The second-order valence-corrected chi connectivity index (χ2v) is 16.2.